The van der Waals surface area contributed by atoms with Crippen molar-refractivity contribution in [1.29, 1.82) is 5.26 Å². The number of allylic oxidation sites excluding steroid dienone is 2. The molecule has 0 saturated heterocycles. The molecule has 2 heterocycles. The van der Waals surface area contributed by atoms with Crippen LogP contribution in [0.2, 0.25) is 0 Å². The number of nitriles is 1. The van der Waals surface area contributed by atoms with E-state index in [1.807, 2.05) is 47.7 Å². The quantitative estimate of drug-likeness (QED) is 0.327. The van der Waals surface area contributed by atoms with Crippen molar-refractivity contribution in [3.8, 4) is 6.07 Å². The number of para-hydroxylation sites is 1. The third-order valence-corrected chi connectivity index (χ3v) is 6.09. The first kappa shape index (κ1) is 18.3. The van der Waals surface area contributed by atoms with Gasteiger partial charge in [-0.2, -0.15) is 5.26 Å². The SMILES string of the molecule is C=CCn1c(C)nnc1SCC(=O)/C(C#N)=C1\Sc2ccccc2N1C. The van der Waals surface area contributed by atoms with Crippen LogP contribution in [0.25, 0.3) is 0 Å². The number of rotatable bonds is 6. The lowest BCUT2D eigenvalue weighted by molar-refractivity contribution is -0.112. The number of benzene rings is 1. The van der Waals surface area contributed by atoms with Crippen LogP contribution >= 0.6 is 23.5 Å². The van der Waals surface area contributed by atoms with Gasteiger partial charge in [0.15, 0.2) is 10.9 Å². The van der Waals surface area contributed by atoms with E-state index in [2.05, 4.69) is 22.8 Å². The van der Waals surface area contributed by atoms with Gasteiger partial charge < -0.3 is 9.47 Å². The molecule has 2 aromatic rings. The van der Waals surface area contributed by atoms with Crippen LogP contribution in [-0.4, -0.2) is 33.3 Å². The third-order valence-electron chi connectivity index (χ3n) is 3.89. The third kappa shape index (κ3) is 3.41. The van der Waals surface area contributed by atoms with Gasteiger partial charge in [-0.15, -0.1) is 16.8 Å². The summed E-state index contributed by atoms with van der Waals surface area (Å²) < 4.78 is 1.89. The molecule has 0 fully saturated rings. The number of aryl methyl sites for hydroxylation is 1. The van der Waals surface area contributed by atoms with E-state index in [4.69, 9.17) is 0 Å². The van der Waals surface area contributed by atoms with Crippen molar-refractivity contribution < 1.29 is 4.79 Å². The van der Waals surface area contributed by atoms with Crippen LogP contribution in [0.3, 0.4) is 0 Å². The number of Topliss-reactive ketones (excluding diaryl/α,β-unsaturated/α-hetero) is 1. The minimum Gasteiger partial charge on any atom is -0.337 e. The van der Waals surface area contributed by atoms with Gasteiger partial charge in [0.05, 0.1) is 11.4 Å². The number of nitrogens with zero attached hydrogens (tertiary/aromatic N) is 5. The largest absolute Gasteiger partial charge is 0.337 e. The van der Waals surface area contributed by atoms with E-state index in [0.29, 0.717) is 16.7 Å². The number of fused-ring (bicyclic) bond motifs is 1. The van der Waals surface area contributed by atoms with Gasteiger partial charge in [0, 0.05) is 18.5 Å². The molecule has 1 aliphatic rings. The molecule has 6 nitrogen and oxygen atoms in total. The maximum absolute atomic E-state index is 12.7. The van der Waals surface area contributed by atoms with Gasteiger partial charge in [-0.25, -0.2) is 0 Å². The van der Waals surface area contributed by atoms with Crippen molar-refractivity contribution in [2.24, 2.45) is 0 Å². The van der Waals surface area contributed by atoms with Crippen LogP contribution < -0.4 is 4.90 Å². The number of hydrogen-bond acceptors (Lipinski definition) is 7. The van der Waals surface area contributed by atoms with Crippen molar-refractivity contribution in [3.63, 3.8) is 0 Å². The Bertz CT molecular complexity index is 941. The van der Waals surface area contributed by atoms with Crippen molar-refractivity contribution in [2.45, 2.75) is 23.5 Å². The molecule has 0 N–H and O–H groups in total. The van der Waals surface area contributed by atoms with Gasteiger partial charge >= 0.3 is 0 Å². The summed E-state index contributed by atoms with van der Waals surface area (Å²) in [5, 5.41) is 19.0. The Morgan fingerprint density at radius 3 is 2.88 bits per heavy atom. The van der Waals surface area contributed by atoms with Gasteiger partial charge in [0.1, 0.15) is 22.5 Å². The zero-order valence-electron chi connectivity index (χ0n) is 14.5. The second-order valence-corrected chi connectivity index (χ2v) is 7.53. The molecule has 0 spiro atoms. The van der Waals surface area contributed by atoms with E-state index in [0.717, 1.165) is 16.4 Å². The summed E-state index contributed by atoms with van der Waals surface area (Å²) >= 11 is 2.73. The average molecular weight is 384 g/mol. The monoisotopic (exact) mass is 383 g/mol. The molecule has 0 amide bonds. The Morgan fingerprint density at radius 2 is 2.19 bits per heavy atom. The van der Waals surface area contributed by atoms with Crippen LogP contribution in [0.15, 0.2) is 57.6 Å². The van der Waals surface area contributed by atoms with Gasteiger partial charge in [-0.3, -0.25) is 4.79 Å². The average Bonchev–Trinajstić information content (AvgIpc) is 3.16. The molecule has 1 aromatic heterocycles. The molecule has 0 saturated carbocycles. The number of carbonyl (C=O) groups excluding carboxylic acids is 1. The standard InChI is InChI=1S/C18H17N5OS2/c1-4-9-23-12(2)20-21-18(23)25-11-15(24)13(10-19)17-22(3)14-7-5-6-8-16(14)26-17/h4-8H,1,9,11H2,2-3H3/b17-13-. The van der Waals surface area contributed by atoms with Crippen LogP contribution in [0, 0.1) is 18.3 Å². The van der Waals surface area contributed by atoms with E-state index in [-0.39, 0.29) is 17.1 Å². The van der Waals surface area contributed by atoms with Gasteiger partial charge in [0.25, 0.3) is 0 Å². The molecule has 132 valence electrons. The van der Waals surface area contributed by atoms with E-state index in [9.17, 15) is 10.1 Å². The molecule has 8 heteroatoms. The second kappa shape index (κ2) is 7.81. The lowest BCUT2D eigenvalue weighted by Gasteiger charge is -2.14. The molecule has 3 rings (SSSR count). The van der Waals surface area contributed by atoms with E-state index in [1.165, 1.54) is 23.5 Å². The molecule has 26 heavy (non-hydrogen) atoms. The first-order valence-corrected chi connectivity index (χ1v) is 9.68. The highest BCUT2D eigenvalue weighted by molar-refractivity contribution is 8.03. The van der Waals surface area contributed by atoms with Gasteiger partial charge in [0.2, 0.25) is 0 Å². The predicted molar refractivity (Wildman–Crippen MR) is 104 cm³/mol. The Labute approximate surface area is 160 Å². The van der Waals surface area contributed by atoms with Crippen molar-refractivity contribution in [2.75, 3.05) is 17.7 Å². The molecule has 1 aromatic carbocycles. The maximum atomic E-state index is 12.7. The molecule has 0 unspecified atom stereocenters. The summed E-state index contributed by atoms with van der Waals surface area (Å²) in [6.45, 7) is 6.16. The molecule has 0 bridgehead atoms. The van der Waals surface area contributed by atoms with Gasteiger partial charge in [-0.1, -0.05) is 41.7 Å². The summed E-state index contributed by atoms with van der Waals surface area (Å²) in [7, 11) is 1.87. The van der Waals surface area contributed by atoms with E-state index in [1.54, 1.807) is 6.08 Å². The minimum atomic E-state index is -0.217. The number of anilines is 1. The number of carbonyl (C=O) groups is 1. The highest BCUT2D eigenvalue weighted by Crippen LogP contribution is 2.46. The number of hydrogen-bond donors (Lipinski definition) is 0. The minimum absolute atomic E-state index is 0.131. The Hall–Kier alpha value is -2.50. The fourth-order valence-corrected chi connectivity index (χ4v) is 4.59. The highest BCUT2D eigenvalue weighted by Gasteiger charge is 2.28. The highest BCUT2D eigenvalue weighted by atomic mass is 32.2. The Morgan fingerprint density at radius 1 is 1.42 bits per heavy atom. The van der Waals surface area contributed by atoms with E-state index >= 15 is 0 Å². The van der Waals surface area contributed by atoms with E-state index < -0.39 is 0 Å². The molecular formula is C18H17N5OS2. The summed E-state index contributed by atoms with van der Waals surface area (Å²) in [5.74, 6) is 0.678. The smallest absolute Gasteiger partial charge is 0.191 e. The summed E-state index contributed by atoms with van der Waals surface area (Å²) in [6, 6.07) is 9.93. The summed E-state index contributed by atoms with van der Waals surface area (Å²) in [5.41, 5.74) is 1.18. The Kier molecular flexibility index (Phi) is 5.49. The number of thioether (sulfide) groups is 2. The maximum Gasteiger partial charge on any atom is 0.191 e. The topological polar surface area (TPSA) is 74.8 Å². The fraction of sp³-hybridized carbons (Fsp3) is 0.222. The number of ketones is 1. The lowest BCUT2D eigenvalue weighted by atomic mass is 10.2. The second-order valence-electron chi connectivity index (χ2n) is 5.56. The zero-order valence-corrected chi connectivity index (χ0v) is 16.1. The van der Waals surface area contributed by atoms with Crippen molar-refractivity contribution >= 4 is 35.0 Å². The first-order valence-electron chi connectivity index (χ1n) is 7.88. The van der Waals surface area contributed by atoms with Crippen LogP contribution in [0.5, 0.6) is 0 Å². The Balaban J connectivity index is 1.79. The lowest BCUT2D eigenvalue weighted by Crippen LogP contribution is -2.16. The molecular weight excluding hydrogens is 366 g/mol. The summed E-state index contributed by atoms with van der Waals surface area (Å²) in [6.07, 6.45) is 1.76. The fourth-order valence-electron chi connectivity index (χ4n) is 2.56. The van der Waals surface area contributed by atoms with Crippen molar-refractivity contribution in [1.82, 2.24) is 14.8 Å². The predicted octanol–water partition coefficient (Wildman–Crippen LogP) is 3.41. The van der Waals surface area contributed by atoms with Crippen LogP contribution in [0.1, 0.15) is 5.82 Å². The summed E-state index contributed by atoms with van der Waals surface area (Å²) in [4.78, 5) is 15.6. The normalized spacial score (nSPS) is 14.7. The first-order chi connectivity index (χ1) is 12.6. The van der Waals surface area contributed by atoms with Gasteiger partial charge in [-0.05, 0) is 19.1 Å². The molecule has 0 atom stereocenters. The van der Waals surface area contributed by atoms with Crippen LogP contribution in [-0.2, 0) is 11.3 Å². The number of aromatic nitrogens is 3. The molecule has 0 radical (unpaired) electrons. The molecule has 1 aliphatic heterocycles. The van der Waals surface area contributed by atoms with Crippen molar-refractivity contribution in [3.05, 3.63) is 53.3 Å². The molecule has 0 aliphatic carbocycles. The van der Waals surface area contributed by atoms with Crippen LogP contribution in [0.4, 0.5) is 5.69 Å². The zero-order chi connectivity index (χ0) is 18.7.